The van der Waals surface area contributed by atoms with Crippen molar-refractivity contribution in [3.05, 3.63) is 27.7 Å². The number of nitrogens with one attached hydrogen (secondary N) is 1. The fraction of sp³-hybridized carbons (Fsp3) is 0.571. The molecule has 0 atom stereocenters. The normalized spacial score (nSPS) is 10.6. The van der Waals surface area contributed by atoms with Gasteiger partial charge in [-0.2, -0.15) is 0 Å². The lowest BCUT2D eigenvalue weighted by Gasteiger charge is -2.10. The van der Waals surface area contributed by atoms with E-state index in [4.69, 9.17) is 5.11 Å². The molecule has 0 aliphatic carbocycles. The van der Waals surface area contributed by atoms with Gasteiger partial charge in [-0.15, -0.1) is 0 Å². The minimum absolute atomic E-state index is 0.318. The van der Waals surface area contributed by atoms with E-state index in [1.165, 1.54) is 27.7 Å². The molecule has 0 amide bonds. The van der Waals surface area contributed by atoms with Crippen molar-refractivity contribution in [2.24, 2.45) is 0 Å². The highest BCUT2D eigenvalue weighted by Gasteiger charge is 2.01. The van der Waals surface area contributed by atoms with Gasteiger partial charge >= 0.3 is 0 Å². The van der Waals surface area contributed by atoms with E-state index in [-0.39, 0.29) is 0 Å². The lowest BCUT2D eigenvalue weighted by atomic mass is 10.1. The van der Waals surface area contributed by atoms with Gasteiger partial charge in [0.15, 0.2) is 0 Å². The zero-order valence-electron chi connectivity index (χ0n) is 10.7. The third kappa shape index (κ3) is 5.09. The van der Waals surface area contributed by atoms with E-state index < -0.39 is 0 Å². The molecule has 1 rings (SSSR count). The van der Waals surface area contributed by atoms with Crippen LogP contribution < -0.4 is 5.32 Å². The predicted octanol–water partition coefficient (Wildman–Crippen LogP) is 4.03. The molecule has 0 unspecified atom stereocenters. The molecule has 0 aliphatic heterocycles. The summed E-state index contributed by atoms with van der Waals surface area (Å²) in [5, 5.41) is 12.1. The maximum Gasteiger partial charge on any atom is 0.0431 e. The molecule has 0 bridgehead atoms. The van der Waals surface area contributed by atoms with Crippen LogP contribution in [-0.2, 0) is 0 Å². The molecule has 0 spiro atoms. The topological polar surface area (TPSA) is 32.3 Å². The number of aryl methyl sites for hydroxylation is 2. The molecule has 2 N–H and O–H groups in total. The average Bonchev–Trinajstić information content (AvgIpc) is 2.30. The first-order valence-corrected chi connectivity index (χ1v) is 7.06. The number of hydrogen-bond donors (Lipinski definition) is 2. The summed E-state index contributed by atoms with van der Waals surface area (Å²) in [6, 6.07) is 4.34. The second kappa shape index (κ2) is 7.72. The van der Waals surface area contributed by atoms with Gasteiger partial charge in [0.05, 0.1) is 0 Å². The first kappa shape index (κ1) is 14.5. The second-order valence-corrected chi connectivity index (χ2v) is 5.28. The predicted molar refractivity (Wildman–Crippen MR) is 77.7 cm³/mol. The molecule has 0 heterocycles. The van der Waals surface area contributed by atoms with Gasteiger partial charge in [0.25, 0.3) is 0 Å². The Morgan fingerprint density at radius 3 is 2.24 bits per heavy atom. The van der Waals surface area contributed by atoms with Crippen molar-refractivity contribution in [1.82, 2.24) is 0 Å². The molecular formula is C14H22BrNO. The Kier molecular flexibility index (Phi) is 6.60. The highest BCUT2D eigenvalue weighted by atomic mass is 79.9. The molecule has 96 valence electrons. The maximum absolute atomic E-state index is 8.67. The molecular weight excluding hydrogens is 278 g/mol. The molecule has 0 aliphatic rings. The number of hydrogen-bond acceptors (Lipinski definition) is 2. The second-order valence-electron chi connectivity index (χ2n) is 4.49. The van der Waals surface area contributed by atoms with Crippen LogP contribution in [-0.4, -0.2) is 18.3 Å². The fourth-order valence-corrected chi connectivity index (χ4v) is 2.10. The number of rotatable bonds is 7. The van der Waals surface area contributed by atoms with Gasteiger partial charge in [0.1, 0.15) is 0 Å². The van der Waals surface area contributed by atoms with Crippen molar-refractivity contribution in [3.8, 4) is 0 Å². The molecule has 0 saturated carbocycles. The van der Waals surface area contributed by atoms with Crippen LogP contribution in [0.5, 0.6) is 0 Å². The first-order chi connectivity index (χ1) is 8.15. The molecule has 17 heavy (non-hydrogen) atoms. The molecule has 0 fully saturated rings. The SMILES string of the molecule is Cc1cc(NCCCCCCO)cc(C)c1Br. The summed E-state index contributed by atoms with van der Waals surface area (Å²) < 4.78 is 1.20. The van der Waals surface area contributed by atoms with E-state index in [1.807, 2.05) is 0 Å². The summed E-state index contributed by atoms with van der Waals surface area (Å²) >= 11 is 3.57. The van der Waals surface area contributed by atoms with E-state index in [0.29, 0.717) is 6.61 Å². The molecule has 3 heteroatoms. The first-order valence-electron chi connectivity index (χ1n) is 6.26. The summed E-state index contributed by atoms with van der Waals surface area (Å²) in [4.78, 5) is 0. The van der Waals surface area contributed by atoms with Crippen LogP contribution in [0.4, 0.5) is 5.69 Å². The van der Waals surface area contributed by atoms with Crippen molar-refractivity contribution in [2.45, 2.75) is 39.5 Å². The number of benzene rings is 1. The highest BCUT2D eigenvalue weighted by molar-refractivity contribution is 9.10. The van der Waals surface area contributed by atoms with Gasteiger partial charge in [0, 0.05) is 23.3 Å². The molecule has 1 aromatic carbocycles. The van der Waals surface area contributed by atoms with Gasteiger partial charge in [-0.05, 0) is 49.9 Å². The van der Waals surface area contributed by atoms with Gasteiger partial charge in [-0.25, -0.2) is 0 Å². The van der Waals surface area contributed by atoms with Crippen LogP contribution in [0, 0.1) is 13.8 Å². The van der Waals surface area contributed by atoms with Crippen LogP contribution in [0.2, 0.25) is 0 Å². The zero-order chi connectivity index (χ0) is 12.7. The van der Waals surface area contributed by atoms with Gasteiger partial charge in [0.2, 0.25) is 0 Å². The van der Waals surface area contributed by atoms with E-state index in [1.54, 1.807) is 0 Å². The summed E-state index contributed by atoms with van der Waals surface area (Å²) in [5.41, 5.74) is 3.74. The minimum atomic E-state index is 0.318. The Morgan fingerprint density at radius 1 is 1.06 bits per heavy atom. The van der Waals surface area contributed by atoms with Crippen molar-refractivity contribution in [1.29, 1.82) is 0 Å². The monoisotopic (exact) mass is 299 g/mol. The number of unbranched alkanes of at least 4 members (excludes halogenated alkanes) is 3. The molecule has 2 nitrogen and oxygen atoms in total. The number of aliphatic hydroxyl groups is 1. The van der Waals surface area contributed by atoms with E-state index in [0.717, 1.165) is 25.8 Å². The van der Waals surface area contributed by atoms with Crippen molar-refractivity contribution < 1.29 is 5.11 Å². The smallest absolute Gasteiger partial charge is 0.0431 e. The summed E-state index contributed by atoms with van der Waals surface area (Å²) in [5.74, 6) is 0. The molecule has 0 aromatic heterocycles. The fourth-order valence-electron chi connectivity index (χ4n) is 1.87. The Bertz CT molecular complexity index is 329. The van der Waals surface area contributed by atoms with Gasteiger partial charge in [-0.3, -0.25) is 0 Å². The van der Waals surface area contributed by atoms with Crippen molar-refractivity contribution >= 4 is 21.6 Å². The van der Waals surface area contributed by atoms with Crippen LogP contribution in [0.25, 0.3) is 0 Å². The standard InChI is InChI=1S/C14H22BrNO/c1-11-9-13(10-12(2)14(11)15)16-7-5-3-4-6-8-17/h9-10,16-17H,3-8H2,1-2H3. The summed E-state index contributed by atoms with van der Waals surface area (Å²) in [7, 11) is 0. The maximum atomic E-state index is 8.67. The highest BCUT2D eigenvalue weighted by Crippen LogP contribution is 2.24. The van der Waals surface area contributed by atoms with Crippen LogP contribution in [0.3, 0.4) is 0 Å². The largest absolute Gasteiger partial charge is 0.396 e. The van der Waals surface area contributed by atoms with Crippen LogP contribution in [0.15, 0.2) is 16.6 Å². The summed E-state index contributed by atoms with van der Waals surface area (Å²) in [6.07, 6.45) is 4.39. The quantitative estimate of drug-likeness (QED) is 0.745. The molecule has 0 saturated heterocycles. The van der Waals surface area contributed by atoms with E-state index in [2.05, 4.69) is 47.2 Å². The van der Waals surface area contributed by atoms with E-state index >= 15 is 0 Å². The Balaban J connectivity index is 2.32. The third-order valence-corrected chi connectivity index (χ3v) is 4.10. The van der Waals surface area contributed by atoms with Crippen LogP contribution in [0.1, 0.15) is 36.8 Å². The number of aliphatic hydroxyl groups excluding tert-OH is 1. The molecule has 0 radical (unpaired) electrons. The third-order valence-electron chi connectivity index (χ3n) is 2.85. The summed E-state index contributed by atoms with van der Waals surface area (Å²) in [6.45, 7) is 5.55. The lowest BCUT2D eigenvalue weighted by Crippen LogP contribution is -2.02. The van der Waals surface area contributed by atoms with Gasteiger partial charge < -0.3 is 10.4 Å². The van der Waals surface area contributed by atoms with Gasteiger partial charge in [-0.1, -0.05) is 28.8 Å². The zero-order valence-corrected chi connectivity index (χ0v) is 12.3. The number of anilines is 1. The average molecular weight is 300 g/mol. The lowest BCUT2D eigenvalue weighted by molar-refractivity contribution is 0.283. The number of halogens is 1. The van der Waals surface area contributed by atoms with Crippen molar-refractivity contribution in [2.75, 3.05) is 18.5 Å². The van der Waals surface area contributed by atoms with E-state index in [9.17, 15) is 0 Å². The minimum Gasteiger partial charge on any atom is -0.396 e. The Hall–Kier alpha value is -0.540. The van der Waals surface area contributed by atoms with Crippen LogP contribution >= 0.6 is 15.9 Å². The Labute approximate surface area is 113 Å². The Morgan fingerprint density at radius 2 is 1.65 bits per heavy atom. The van der Waals surface area contributed by atoms with Crippen molar-refractivity contribution in [3.63, 3.8) is 0 Å². The molecule has 1 aromatic rings.